The lowest BCUT2D eigenvalue weighted by Crippen LogP contribution is -2.28. The fourth-order valence-corrected chi connectivity index (χ4v) is 1.99. The van der Waals surface area contributed by atoms with E-state index >= 15 is 0 Å². The molecule has 0 aliphatic rings. The monoisotopic (exact) mass is 276 g/mol. The Hall–Kier alpha value is -2.37. The van der Waals surface area contributed by atoms with Gasteiger partial charge in [0.25, 0.3) is 5.91 Å². The smallest absolute Gasteiger partial charge is 0.257 e. The molecule has 0 aliphatic carbocycles. The number of rotatable bonds is 3. The van der Waals surface area contributed by atoms with Crippen molar-refractivity contribution in [2.24, 2.45) is 7.05 Å². The summed E-state index contributed by atoms with van der Waals surface area (Å²) < 4.78 is 15.8. The number of halogens is 1. The third-order valence-corrected chi connectivity index (χ3v) is 3.15. The highest BCUT2D eigenvalue weighted by Crippen LogP contribution is 2.19. The van der Waals surface area contributed by atoms with Crippen LogP contribution in [0.5, 0.6) is 0 Å². The lowest BCUT2D eigenvalue weighted by Gasteiger charge is -2.18. The first-order valence-corrected chi connectivity index (χ1v) is 6.17. The van der Waals surface area contributed by atoms with Crippen molar-refractivity contribution in [1.82, 2.24) is 14.5 Å². The Morgan fingerprint density at radius 1 is 1.50 bits per heavy atom. The number of imidazole rings is 1. The molecule has 0 atom stereocenters. The first-order chi connectivity index (χ1) is 9.40. The van der Waals surface area contributed by atoms with Crippen LogP contribution in [0.25, 0.3) is 0 Å². The highest BCUT2D eigenvalue weighted by Gasteiger charge is 2.19. The van der Waals surface area contributed by atoms with Crippen molar-refractivity contribution >= 4 is 11.6 Å². The van der Waals surface area contributed by atoms with Crippen LogP contribution in [0, 0.1) is 12.7 Å². The molecule has 1 heterocycles. The summed E-state index contributed by atoms with van der Waals surface area (Å²) in [5, 5.41) is 0. The van der Waals surface area contributed by atoms with E-state index in [2.05, 4.69) is 4.98 Å². The Kier molecular flexibility index (Phi) is 3.74. The normalized spacial score (nSPS) is 10.6. The number of aryl methyl sites for hydroxylation is 2. The van der Waals surface area contributed by atoms with Gasteiger partial charge in [-0.05, 0) is 24.6 Å². The molecule has 0 saturated heterocycles. The van der Waals surface area contributed by atoms with Crippen molar-refractivity contribution in [1.29, 1.82) is 0 Å². The van der Waals surface area contributed by atoms with Crippen molar-refractivity contribution in [3.05, 3.63) is 47.3 Å². The lowest BCUT2D eigenvalue weighted by molar-refractivity contribution is 0.0775. The molecular weight excluding hydrogens is 259 g/mol. The number of amides is 1. The second kappa shape index (κ2) is 5.32. The van der Waals surface area contributed by atoms with E-state index in [0.717, 1.165) is 5.82 Å². The van der Waals surface area contributed by atoms with E-state index in [9.17, 15) is 9.18 Å². The minimum atomic E-state index is -0.532. The summed E-state index contributed by atoms with van der Waals surface area (Å²) in [6.07, 6.45) is 3.44. The van der Waals surface area contributed by atoms with Crippen LogP contribution in [0.15, 0.2) is 24.5 Å². The molecule has 0 aliphatic heterocycles. The molecule has 1 amide bonds. The quantitative estimate of drug-likeness (QED) is 0.868. The minimum absolute atomic E-state index is 0.0146. The molecule has 5 nitrogen and oxygen atoms in total. The van der Waals surface area contributed by atoms with Crippen molar-refractivity contribution < 1.29 is 9.18 Å². The molecule has 0 saturated carbocycles. The first-order valence-electron chi connectivity index (χ1n) is 6.17. The zero-order chi connectivity index (χ0) is 14.9. The number of anilines is 1. The fraction of sp³-hybridized carbons (Fsp3) is 0.286. The molecule has 6 heteroatoms. The standard InChI is InChI=1S/C14H17FN4O/c1-9-6-10(16)7-11(13(9)15)14(20)19(3)8-12-17-4-5-18(12)2/h4-7H,8,16H2,1-3H3. The average molecular weight is 276 g/mol. The van der Waals surface area contributed by atoms with Crippen LogP contribution in [0.1, 0.15) is 21.7 Å². The van der Waals surface area contributed by atoms with Crippen LogP contribution in [0.3, 0.4) is 0 Å². The van der Waals surface area contributed by atoms with Gasteiger partial charge in [-0.25, -0.2) is 9.37 Å². The third-order valence-electron chi connectivity index (χ3n) is 3.15. The van der Waals surface area contributed by atoms with E-state index in [1.165, 1.54) is 17.0 Å². The second-order valence-corrected chi connectivity index (χ2v) is 4.81. The Labute approximate surface area is 116 Å². The topological polar surface area (TPSA) is 64.2 Å². The molecule has 0 fully saturated rings. The van der Waals surface area contributed by atoms with Crippen LogP contribution in [0.4, 0.5) is 10.1 Å². The highest BCUT2D eigenvalue weighted by atomic mass is 19.1. The largest absolute Gasteiger partial charge is 0.399 e. The van der Waals surface area contributed by atoms with Gasteiger partial charge in [-0.1, -0.05) is 0 Å². The van der Waals surface area contributed by atoms with E-state index in [0.29, 0.717) is 17.8 Å². The Balaban J connectivity index is 2.25. The molecule has 0 radical (unpaired) electrons. The molecule has 0 bridgehead atoms. The Bertz CT molecular complexity index is 651. The zero-order valence-electron chi connectivity index (χ0n) is 11.7. The SMILES string of the molecule is Cc1cc(N)cc(C(=O)N(C)Cc2nccn2C)c1F. The molecule has 1 aromatic carbocycles. The van der Waals surface area contributed by atoms with Crippen molar-refractivity contribution in [3.8, 4) is 0 Å². The van der Waals surface area contributed by atoms with Gasteiger partial charge in [0.05, 0.1) is 12.1 Å². The molecule has 20 heavy (non-hydrogen) atoms. The number of carbonyl (C=O) groups is 1. The number of nitrogens with two attached hydrogens (primary N) is 1. The van der Waals surface area contributed by atoms with E-state index in [4.69, 9.17) is 5.73 Å². The summed E-state index contributed by atoms with van der Waals surface area (Å²) in [5.74, 6) is -0.223. The number of hydrogen-bond acceptors (Lipinski definition) is 3. The average Bonchev–Trinajstić information content (AvgIpc) is 2.78. The van der Waals surface area contributed by atoms with Crippen molar-refractivity contribution in [3.63, 3.8) is 0 Å². The van der Waals surface area contributed by atoms with Gasteiger partial charge in [0.1, 0.15) is 11.6 Å². The van der Waals surface area contributed by atoms with E-state index in [1.807, 2.05) is 11.6 Å². The summed E-state index contributed by atoms with van der Waals surface area (Å²) in [4.78, 5) is 17.9. The van der Waals surface area contributed by atoms with Gasteiger partial charge in [-0.3, -0.25) is 4.79 Å². The van der Waals surface area contributed by atoms with Crippen LogP contribution in [-0.2, 0) is 13.6 Å². The maximum absolute atomic E-state index is 14.0. The van der Waals surface area contributed by atoms with E-state index in [-0.39, 0.29) is 5.56 Å². The third kappa shape index (κ3) is 2.64. The predicted octanol–water partition coefficient (Wildman–Crippen LogP) is 1.72. The van der Waals surface area contributed by atoms with Gasteiger partial charge >= 0.3 is 0 Å². The number of benzene rings is 1. The predicted molar refractivity (Wildman–Crippen MR) is 74.6 cm³/mol. The first kappa shape index (κ1) is 14.0. The van der Waals surface area contributed by atoms with Crippen molar-refractivity contribution in [2.75, 3.05) is 12.8 Å². The van der Waals surface area contributed by atoms with Gasteiger partial charge in [-0.15, -0.1) is 0 Å². The summed E-state index contributed by atoms with van der Waals surface area (Å²) in [5.41, 5.74) is 6.39. The Morgan fingerprint density at radius 3 is 2.80 bits per heavy atom. The fourth-order valence-electron chi connectivity index (χ4n) is 1.99. The summed E-state index contributed by atoms with van der Waals surface area (Å²) >= 11 is 0. The van der Waals surface area contributed by atoms with Crippen LogP contribution in [0.2, 0.25) is 0 Å². The van der Waals surface area contributed by atoms with E-state index in [1.54, 1.807) is 26.4 Å². The van der Waals surface area contributed by atoms with Crippen molar-refractivity contribution in [2.45, 2.75) is 13.5 Å². The van der Waals surface area contributed by atoms with Crippen LogP contribution in [-0.4, -0.2) is 27.4 Å². The summed E-state index contributed by atoms with van der Waals surface area (Å²) in [6, 6.07) is 2.87. The Morgan fingerprint density at radius 2 is 2.20 bits per heavy atom. The minimum Gasteiger partial charge on any atom is -0.399 e. The van der Waals surface area contributed by atoms with Crippen LogP contribution < -0.4 is 5.73 Å². The second-order valence-electron chi connectivity index (χ2n) is 4.81. The van der Waals surface area contributed by atoms with Gasteiger partial charge in [0.2, 0.25) is 0 Å². The van der Waals surface area contributed by atoms with Gasteiger partial charge in [-0.2, -0.15) is 0 Å². The molecule has 0 spiro atoms. The van der Waals surface area contributed by atoms with Gasteiger partial charge < -0.3 is 15.2 Å². The molecule has 2 aromatic rings. The van der Waals surface area contributed by atoms with Crippen LogP contribution >= 0.6 is 0 Å². The van der Waals surface area contributed by atoms with Gasteiger partial charge in [0, 0.05) is 32.2 Å². The van der Waals surface area contributed by atoms with E-state index < -0.39 is 11.7 Å². The lowest BCUT2D eigenvalue weighted by atomic mass is 10.1. The number of carbonyl (C=O) groups excluding carboxylic acids is 1. The molecule has 106 valence electrons. The highest BCUT2D eigenvalue weighted by molar-refractivity contribution is 5.95. The molecule has 2 rings (SSSR count). The molecular formula is C14H17FN4O. The zero-order valence-corrected chi connectivity index (χ0v) is 11.7. The maximum atomic E-state index is 14.0. The number of aromatic nitrogens is 2. The molecule has 2 N–H and O–H groups in total. The number of hydrogen-bond donors (Lipinski definition) is 1. The number of nitrogens with zero attached hydrogens (tertiary/aromatic N) is 3. The van der Waals surface area contributed by atoms with Gasteiger partial charge in [0.15, 0.2) is 0 Å². The summed E-state index contributed by atoms with van der Waals surface area (Å²) in [7, 11) is 3.45. The molecule has 0 unspecified atom stereocenters. The molecule has 1 aromatic heterocycles. The maximum Gasteiger partial charge on any atom is 0.257 e. The summed E-state index contributed by atoms with van der Waals surface area (Å²) in [6.45, 7) is 1.89. The number of nitrogen functional groups attached to an aromatic ring is 1.